The number of hydrogen-bond acceptors (Lipinski definition) is 0. The molecule has 1 nitrogen and oxygen atoms in total. The summed E-state index contributed by atoms with van der Waals surface area (Å²) in [5.74, 6) is 0. The lowest BCUT2D eigenvalue weighted by atomic mass is 10.1. The van der Waals surface area contributed by atoms with Gasteiger partial charge in [0.05, 0.1) is 14.3 Å². The fourth-order valence-electron chi connectivity index (χ4n) is 3.81. The summed E-state index contributed by atoms with van der Waals surface area (Å²) in [6.07, 6.45) is 4.59. The molecule has 0 bridgehead atoms. The van der Waals surface area contributed by atoms with Crippen LogP contribution in [0.4, 0.5) is 0 Å². The summed E-state index contributed by atoms with van der Waals surface area (Å²) >= 11 is 0. The standard InChI is InChI=1S/C20H20NSi/c1-14-13-16-8-6-10-18(19(16)20(14)22(2)3)21-12-11-15-7-4-5-9-17(15)21/h4-13,20H,1-3H3. The van der Waals surface area contributed by atoms with Gasteiger partial charge in [-0.15, -0.1) is 0 Å². The molecule has 0 aliphatic heterocycles. The van der Waals surface area contributed by atoms with Crippen molar-refractivity contribution in [2.75, 3.05) is 0 Å². The van der Waals surface area contributed by atoms with E-state index in [9.17, 15) is 0 Å². The van der Waals surface area contributed by atoms with Crippen LogP contribution in [0.1, 0.15) is 23.6 Å². The molecule has 0 saturated carbocycles. The number of para-hydroxylation sites is 1. The molecule has 0 amide bonds. The first-order chi connectivity index (χ1) is 10.7. The van der Waals surface area contributed by atoms with Crippen molar-refractivity contribution in [2.45, 2.75) is 25.6 Å². The molecule has 1 heterocycles. The summed E-state index contributed by atoms with van der Waals surface area (Å²) in [6, 6.07) is 17.6. The zero-order valence-electron chi connectivity index (χ0n) is 13.3. The van der Waals surface area contributed by atoms with Gasteiger partial charge in [-0.2, -0.15) is 0 Å². The maximum atomic E-state index is 2.42. The van der Waals surface area contributed by atoms with Crippen molar-refractivity contribution < 1.29 is 0 Å². The highest BCUT2D eigenvalue weighted by molar-refractivity contribution is 6.59. The van der Waals surface area contributed by atoms with Gasteiger partial charge in [-0.05, 0) is 41.6 Å². The SMILES string of the molecule is CC1=Cc2cccc(-n3ccc4ccccc43)c2C1[Si](C)C. The molecule has 3 aromatic rings. The normalized spacial score (nSPS) is 17.1. The second kappa shape index (κ2) is 4.99. The van der Waals surface area contributed by atoms with E-state index >= 15 is 0 Å². The van der Waals surface area contributed by atoms with Crippen molar-refractivity contribution in [1.29, 1.82) is 0 Å². The van der Waals surface area contributed by atoms with E-state index in [0.29, 0.717) is 5.54 Å². The molecule has 0 spiro atoms. The molecule has 109 valence electrons. The van der Waals surface area contributed by atoms with Crippen molar-refractivity contribution >= 4 is 25.8 Å². The Balaban J connectivity index is 1.98. The van der Waals surface area contributed by atoms with E-state index in [2.05, 4.69) is 85.4 Å². The number of fused-ring (bicyclic) bond motifs is 2. The van der Waals surface area contributed by atoms with Gasteiger partial charge in [-0.1, -0.05) is 55.1 Å². The molecule has 4 rings (SSSR count). The summed E-state index contributed by atoms with van der Waals surface area (Å²) in [5, 5.41) is 1.30. The van der Waals surface area contributed by atoms with Gasteiger partial charge in [-0.25, -0.2) is 0 Å². The molecule has 1 unspecified atom stereocenters. The molecule has 1 radical (unpaired) electrons. The smallest absolute Gasteiger partial charge is 0.0552 e. The van der Waals surface area contributed by atoms with E-state index in [1.165, 1.54) is 33.3 Å². The molecule has 22 heavy (non-hydrogen) atoms. The molecular formula is C20H20NSi. The number of rotatable bonds is 2. The highest BCUT2D eigenvalue weighted by atomic mass is 28.3. The number of hydrogen-bond donors (Lipinski definition) is 0. The minimum Gasteiger partial charge on any atom is -0.316 e. The lowest BCUT2D eigenvalue weighted by Gasteiger charge is -2.21. The van der Waals surface area contributed by atoms with Crippen LogP contribution in [0.2, 0.25) is 13.1 Å². The number of aromatic nitrogens is 1. The zero-order valence-corrected chi connectivity index (χ0v) is 14.3. The van der Waals surface area contributed by atoms with E-state index in [1.807, 2.05) is 0 Å². The molecule has 2 heteroatoms. The van der Waals surface area contributed by atoms with Crippen molar-refractivity contribution in [3.8, 4) is 5.69 Å². The molecule has 2 aromatic carbocycles. The second-order valence-electron chi connectivity index (χ2n) is 6.42. The maximum Gasteiger partial charge on any atom is 0.0552 e. The average molecular weight is 302 g/mol. The Kier molecular flexibility index (Phi) is 3.08. The predicted molar refractivity (Wildman–Crippen MR) is 97.1 cm³/mol. The van der Waals surface area contributed by atoms with Gasteiger partial charge in [0.1, 0.15) is 0 Å². The van der Waals surface area contributed by atoms with Gasteiger partial charge in [0.15, 0.2) is 0 Å². The van der Waals surface area contributed by atoms with Crippen LogP contribution < -0.4 is 0 Å². The minimum absolute atomic E-state index is 0.419. The molecule has 1 aliphatic rings. The summed E-state index contributed by atoms with van der Waals surface area (Å²) in [4.78, 5) is 0. The zero-order chi connectivity index (χ0) is 15.3. The molecule has 1 atom stereocenters. The van der Waals surface area contributed by atoms with Crippen LogP contribution >= 0.6 is 0 Å². The third kappa shape index (κ3) is 1.91. The molecule has 0 N–H and O–H groups in total. The number of benzene rings is 2. The monoisotopic (exact) mass is 302 g/mol. The Bertz CT molecular complexity index is 886. The van der Waals surface area contributed by atoms with E-state index in [4.69, 9.17) is 0 Å². The van der Waals surface area contributed by atoms with Gasteiger partial charge in [-0.3, -0.25) is 0 Å². The van der Waals surface area contributed by atoms with Crippen LogP contribution in [0.25, 0.3) is 22.7 Å². The minimum atomic E-state index is -0.419. The van der Waals surface area contributed by atoms with Crippen LogP contribution in [-0.2, 0) is 0 Å². The summed E-state index contributed by atoms with van der Waals surface area (Å²) in [7, 11) is -0.419. The average Bonchev–Trinajstić information content (AvgIpc) is 3.06. The Morgan fingerprint density at radius 3 is 2.59 bits per heavy atom. The lowest BCUT2D eigenvalue weighted by molar-refractivity contribution is 1.03. The predicted octanol–water partition coefficient (Wildman–Crippen LogP) is 5.42. The molecule has 1 aromatic heterocycles. The lowest BCUT2D eigenvalue weighted by Crippen LogP contribution is -2.17. The second-order valence-corrected chi connectivity index (χ2v) is 9.16. The van der Waals surface area contributed by atoms with Crippen molar-refractivity contribution in [1.82, 2.24) is 4.57 Å². The van der Waals surface area contributed by atoms with Crippen LogP contribution in [0.15, 0.2) is 60.3 Å². The quantitative estimate of drug-likeness (QED) is 0.557. The van der Waals surface area contributed by atoms with Crippen LogP contribution in [0, 0.1) is 0 Å². The van der Waals surface area contributed by atoms with Gasteiger partial charge in [0.25, 0.3) is 0 Å². The Morgan fingerprint density at radius 2 is 1.77 bits per heavy atom. The Labute approximate surface area is 133 Å². The first-order valence-corrected chi connectivity index (χ1v) is 10.4. The van der Waals surface area contributed by atoms with E-state index in [-0.39, 0.29) is 0 Å². The maximum absolute atomic E-state index is 2.42. The largest absolute Gasteiger partial charge is 0.316 e. The fraction of sp³-hybridized carbons (Fsp3) is 0.200. The summed E-state index contributed by atoms with van der Waals surface area (Å²) in [5.41, 5.74) is 7.72. The van der Waals surface area contributed by atoms with Crippen molar-refractivity contribution in [2.24, 2.45) is 0 Å². The van der Waals surface area contributed by atoms with Gasteiger partial charge in [0, 0.05) is 17.4 Å². The highest BCUT2D eigenvalue weighted by Crippen LogP contribution is 2.41. The van der Waals surface area contributed by atoms with E-state index < -0.39 is 8.80 Å². The fourth-order valence-corrected chi connectivity index (χ4v) is 5.70. The first-order valence-electron chi connectivity index (χ1n) is 7.84. The van der Waals surface area contributed by atoms with Gasteiger partial charge >= 0.3 is 0 Å². The third-order valence-corrected chi connectivity index (χ3v) is 6.58. The Morgan fingerprint density at radius 1 is 0.955 bits per heavy atom. The van der Waals surface area contributed by atoms with Crippen molar-refractivity contribution in [3.05, 3.63) is 71.4 Å². The Hall–Kier alpha value is -2.06. The third-order valence-electron chi connectivity index (χ3n) is 4.68. The van der Waals surface area contributed by atoms with Crippen LogP contribution in [-0.4, -0.2) is 13.4 Å². The highest BCUT2D eigenvalue weighted by Gasteiger charge is 2.29. The van der Waals surface area contributed by atoms with Crippen molar-refractivity contribution in [3.63, 3.8) is 0 Å². The van der Waals surface area contributed by atoms with Gasteiger partial charge < -0.3 is 4.57 Å². The number of nitrogens with zero attached hydrogens (tertiary/aromatic N) is 1. The molecular weight excluding hydrogens is 282 g/mol. The molecule has 0 fully saturated rings. The van der Waals surface area contributed by atoms with Crippen LogP contribution in [0.3, 0.4) is 0 Å². The first kappa shape index (κ1) is 13.6. The topological polar surface area (TPSA) is 4.93 Å². The molecule has 0 saturated heterocycles. The van der Waals surface area contributed by atoms with Crippen LogP contribution in [0.5, 0.6) is 0 Å². The van der Waals surface area contributed by atoms with E-state index in [1.54, 1.807) is 0 Å². The van der Waals surface area contributed by atoms with E-state index in [0.717, 1.165) is 0 Å². The summed E-state index contributed by atoms with van der Waals surface area (Å²) < 4.78 is 2.36. The molecule has 1 aliphatic carbocycles. The number of allylic oxidation sites excluding steroid dienone is 1. The van der Waals surface area contributed by atoms with Gasteiger partial charge in [0.2, 0.25) is 0 Å². The summed E-state index contributed by atoms with van der Waals surface area (Å²) in [6.45, 7) is 7.14.